The first-order chi connectivity index (χ1) is 11.3. The Morgan fingerprint density at radius 3 is 2.54 bits per heavy atom. The summed E-state index contributed by atoms with van der Waals surface area (Å²) < 4.78 is 26.6. The zero-order valence-electron chi connectivity index (χ0n) is 14.2. The maximum Gasteiger partial charge on any atom is 0.263 e. The van der Waals surface area contributed by atoms with Crippen LogP contribution < -0.4 is 15.8 Å². The number of nitrogens with one attached hydrogen (secondary N) is 2. The molecule has 1 amide bonds. The Labute approximate surface area is 142 Å². The topological polar surface area (TPSA) is 114 Å². The van der Waals surface area contributed by atoms with Crippen molar-refractivity contribution in [3.8, 4) is 0 Å². The number of rotatable bonds is 6. The molecule has 0 spiro atoms. The molecule has 8 heteroatoms. The molecule has 0 saturated carbocycles. The van der Waals surface area contributed by atoms with E-state index in [-0.39, 0.29) is 16.6 Å². The second-order valence-corrected chi connectivity index (χ2v) is 7.59. The van der Waals surface area contributed by atoms with E-state index in [0.29, 0.717) is 24.9 Å². The highest BCUT2D eigenvalue weighted by Crippen LogP contribution is 2.22. The molecule has 132 valence electrons. The minimum absolute atomic E-state index is 0.176. The molecule has 4 N–H and O–H groups in total. The van der Waals surface area contributed by atoms with E-state index in [0.717, 1.165) is 0 Å². The Bertz CT molecular complexity index is 746. The van der Waals surface area contributed by atoms with Crippen molar-refractivity contribution in [1.29, 1.82) is 0 Å². The van der Waals surface area contributed by atoms with Crippen molar-refractivity contribution < 1.29 is 13.2 Å². The van der Waals surface area contributed by atoms with Crippen LogP contribution in [0.25, 0.3) is 0 Å². The first-order valence-corrected chi connectivity index (χ1v) is 9.49. The molecule has 1 aromatic carbocycles. The van der Waals surface area contributed by atoms with Gasteiger partial charge in [0.15, 0.2) is 0 Å². The summed E-state index contributed by atoms with van der Waals surface area (Å²) >= 11 is 0. The lowest BCUT2D eigenvalue weighted by Gasteiger charge is -2.32. The zero-order chi connectivity index (χ0) is 18.0. The van der Waals surface area contributed by atoms with E-state index in [4.69, 9.17) is 5.73 Å². The molecule has 1 aliphatic heterocycles. The van der Waals surface area contributed by atoms with Gasteiger partial charge in [-0.05, 0) is 31.9 Å². The molecular weight excluding hydrogens is 328 g/mol. The van der Waals surface area contributed by atoms with Gasteiger partial charge in [0.25, 0.3) is 10.0 Å². The fraction of sp³-hybridized carbons (Fsp3) is 0.500. The standard InChI is InChI=1S/C16H24N4O3S/c1-4-16(5-2,10-17)19-15(21)11(3)18-14-12-8-6-7-9-13(12)24(22,23)20-14/h6-9,11H,4-5,10,17H2,1-3H3,(H,18,20)(H,19,21). The molecule has 0 aliphatic carbocycles. The Hall–Kier alpha value is -1.93. The summed E-state index contributed by atoms with van der Waals surface area (Å²) in [6.45, 7) is 5.90. The average Bonchev–Trinajstić information content (AvgIpc) is 2.83. The number of amidine groups is 1. The molecule has 1 atom stereocenters. The molecule has 0 bridgehead atoms. The first kappa shape index (κ1) is 18.4. The summed E-state index contributed by atoms with van der Waals surface area (Å²) in [5, 5.41) is 2.95. The number of nitrogens with two attached hydrogens (primary N) is 1. The number of sulfonamides is 1. The molecule has 1 aromatic rings. The average molecular weight is 352 g/mol. The Balaban J connectivity index is 2.25. The Morgan fingerprint density at radius 2 is 1.96 bits per heavy atom. The zero-order valence-corrected chi connectivity index (χ0v) is 15.0. The van der Waals surface area contributed by atoms with Crippen LogP contribution in [0.2, 0.25) is 0 Å². The predicted octanol–water partition coefficient (Wildman–Crippen LogP) is 0.747. The van der Waals surface area contributed by atoms with Gasteiger partial charge in [0.2, 0.25) is 5.91 Å². The summed E-state index contributed by atoms with van der Waals surface area (Å²) in [5.74, 6) is -0.0835. The second kappa shape index (κ2) is 6.90. The van der Waals surface area contributed by atoms with Crippen LogP contribution in [-0.2, 0) is 14.8 Å². The Morgan fingerprint density at radius 1 is 1.33 bits per heavy atom. The highest BCUT2D eigenvalue weighted by atomic mass is 32.2. The number of hydrogen-bond acceptors (Lipinski definition) is 5. The van der Waals surface area contributed by atoms with Crippen LogP contribution in [0.3, 0.4) is 0 Å². The fourth-order valence-electron chi connectivity index (χ4n) is 2.61. The van der Waals surface area contributed by atoms with Crippen LogP contribution in [0.4, 0.5) is 0 Å². The van der Waals surface area contributed by atoms with Crippen molar-refractivity contribution in [3.63, 3.8) is 0 Å². The van der Waals surface area contributed by atoms with Crippen LogP contribution in [0, 0.1) is 0 Å². The van der Waals surface area contributed by atoms with E-state index in [9.17, 15) is 13.2 Å². The number of carbonyl (C=O) groups excluding carboxylic acids is 1. The number of nitrogens with zero attached hydrogens (tertiary/aromatic N) is 1. The maximum absolute atomic E-state index is 12.4. The van der Waals surface area contributed by atoms with Gasteiger partial charge in [0.05, 0.1) is 10.4 Å². The smallest absolute Gasteiger partial charge is 0.263 e. The highest BCUT2D eigenvalue weighted by Gasteiger charge is 2.32. The molecule has 2 rings (SSSR count). The van der Waals surface area contributed by atoms with Gasteiger partial charge in [-0.15, -0.1) is 0 Å². The number of aliphatic imine (C=N–C) groups is 1. The monoisotopic (exact) mass is 352 g/mol. The number of hydrogen-bond donors (Lipinski definition) is 3. The molecule has 7 nitrogen and oxygen atoms in total. The lowest BCUT2D eigenvalue weighted by Crippen LogP contribution is -2.55. The summed E-state index contributed by atoms with van der Waals surface area (Å²) in [6.07, 6.45) is 1.43. The van der Waals surface area contributed by atoms with E-state index < -0.39 is 21.6 Å². The van der Waals surface area contributed by atoms with Gasteiger partial charge < -0.3 is 11.1 Å². The van der Waals surface area contributed by atoms with E-state index in [1.807, 2.05) is 13.8 Å². The van der Waals surface area contributed by atoms with Crippen molar-refractivity contribution in [2.24, 2.45) is 10.7 Å². The molecule has 1 heterocycles. The maximum atomic E-state index is 12.4. The van der Waals surface area contributed by atoms with Crippen LogP contribution in [0.5, 0.6) is 0 Å². The SMILES string of the molecule is CCC(CC)(CN)NC(=O)C(C)N=C1NS(=O)(=O)c2ccccc21. The van der Waals surface area contributed by atoms with Crippen molar-refractivity contribution in [2.45, 2.75) is 50.1 Å². The number of carbonyl (C=O) groups is 1. The third-order valence-corrected chi connectivity index (χ3v) is 5.89. The molecule has 0 radical (unpaired) electrons. The Kier molecular flexibility index (Phi) is 5.29. The van der Waals surface area contributed by atoms with Gasteiger partial charge in [0.1, 0.15) is 11.9 Å². The molecule has 0 saturated heterocycles. The van der Waals surface area contributed by atoms with E-state index in [2.05, 4.69) is 15.0 Å². The van der Waals surface area contributed by atoms with Crippen molar-refractivity contribution >= 4 is 21.8 Å². The molecule has 1 unspecified atom stereocenters. The quantitative estimate of drug-likeness (QED) is 0.701. The molecular formula is C16H24N4O3S. The van der Waals surface area contributed by atoms with E-state index in [1.54, 1.807) is 25.1 Å². The van der Waals surface area contributed by atoms with Gasteiger partial charge in [-0.2, -0.15) is 0 Å². The van der Waals surface area contributed by atoms with Crippen molar-refractivity contribution in [2.75, 3.05) is 6.54 Å². The summed E-state index contributed by atoms with van der Waals surface area (Å²) in [5.41, 5.74) is 5.82. The lowest BCUT2D eigenvalue weighted by atomic mass is 9.92. The number of benzene rings is 1. The summed E-state index contributed by atoms with van der Waals surface area (Å²) in [7, 11) is -3.61. The van der Waals surface area contributed by atoms with Crippen molar-refractivity contribution in [3.05, 3.63) is 29.8 Å². The number of fused-ring (bicyclic) bond motifs is 1. The van der Waals surface area contributed by atoms with E-state index in [1.165, 1.54) is 6.07 Å². The van der Waals surface area contributed by atoms with Crippen LogP contribution in [-0.4, -0.2) is 38.3 Å². The lowest BCUT2D eigenvalue weighted by molar-refractivity contribution is -0.123. The van der Waals surface area contributed by atoms with Gasteiger partial charge in [-0.25, -0.2) is 8.42 Å². The summed E-state index contributed by atoms with van der Waals surface area (Å²) in [6, 6.07) is 5.82. The minimum atomic E-state index is -3.61. The van der Waals surface area contributed by atoms with Gasteiger partial charge in [-0.3, -0.25) is 14.5 Å². The minimum Gasteiger partial charge on any atom is -0.348 e. The van der Waals surface area contributed by atoms with Gasteiger partial charge >= 0.3 is 0 Å². The second-order valence-electron chi connectivity index (χ2n) is 5.94. The molecule has 0 fully saturated rings. The molecule has 1 aliphatic rings. The molecule has 24 heavy (non-hydrogen) atoms. The van der Waals surface area contributed by atoms with Crippen LogP contribution in [0.1, 0.15) is 39.2 Å². The highest BCUT2D eigenvalue weighted by molar-refractivity contribution is 7.90. The van der Waals surface area contributed by atoms with Crippen LogP contribution >= 0.6 is 0 Å². The largest absolute Gasteiger partial charge is 0.348 e. The van der Waals surface area contributed by atoms with Gasteiger partial charge in [-0.1, -0.05) is 26.0 Å². The molecule has 0 aromatic heterocycles. The van der Waals surface area contributed by atoms with Crippen LogP contribution in [0.15, 0.2) is 34.2 Å². The van der Waals surface area contributed by atoms with Crippen molar-refractivity contribution in [1.82, 2.24) is 10.0 Å². The normalized spacial score (nSPS) is 18.8. The first-order valence-electron chi connectivity index (χ1n) is 8.00. The van der Waals surface area contributed by atoms with Gasteiger partial charge in [0, 0.05) is 12.1 Å². The number of amides is 1. The predicted molar refractivity (Wildman–Crippen MR) is 93.3 cm³/mol. The summed E-state index contributed by atoms with van der Waals surface area (Å²) in [4.78, 5) is 16.9. The third kappa shape index (κ3) is 3.44. The van der Waals surface area contributed by atoms with E-state index >= 15 is 0 Å². The third-order valence-electron chi connectivity index (χ3n) is 4.50. The fourth-order valence-corrected chi connectivity index (χ4v) is 3.85.